The van der Waals surface area contributed by atoms with Gasteiger partial charge in [-0.25, -0.2) is 9.78 Å². The molecule has 2 aromatic heterocycles. The average molecular weight is 360 g/mol. The van der Waals surface area contributed by atoms with Crippen LogP contribution in [0.4, 0.5) is 11.8 Å². The number of carbonyl (C=O) groups is 1. The quantitative estimate of drug-likeness (QED) is 0.846. The molecule has 25 heavy (non-hydrogen) atoms. The number of nitrogen functional groups attached to an aromatic ring is 1. The maximum absolute atomic E-state index is 11.3. The van der Waals surface area contributed by atoms with E-state index in [1.54, 1.807) is 0 Å². The van der Waals surface area contributed by atoms with Crippen molar-refractivity contribution in [3.05, 3.63) is 33.1 Å². The summed E-state index contributed by atoms with van der Waals surface area (Å²) < 4.78 is 6.19. The minimum atomic E-state index is -0.862. The van der Waals surface area contributed by atoms with Crippen molar-refractivity contribution in [2.75, 3.05) is 30.3 Å². The van der Waals surface area contributed by atoms with Crippen LogP contribution >= 0.6 is 11.3 Å². The minimum absolute atomic E-state index is 0.287. The maximum Gasteiger partial charge on any atom is 0.345 e. The molecule has 1 saturated heterocycles. The molecule has 132 valence electrons. The number of carboxylic acids is 1. The highest BCUT2D eigenvalue weighted by Gasteiger charge is 2.42. The highest BCUT2D eigenvalue weighted by molar-refractivity contribution is 7.14. The Bertz CT molecular complexity index is 807. The second-order valence-corrected chi connectivity index (χ2v) is 7.69. The van der Waals surface area contributed by atoms with E-state index in [-0.39, 0.29) is 11.5 Å². The molecular formula is C17H20N4O3S. The van der Waals surface area contributed by atoms with Crippen molar-refractivity contribution in [1.82, 2.24) is 9.97 Å². The fourth-order valence-corrected chi connectivity index (χ4v) is 4.84. The number of aromatic carboxylic acids is 1. The first-order valence-corrected chi connectivity index (χ1v) is 9.15. The van der Waals surface area contributed by atoms with Gasteiger partial charge in [0, 0.05) is 36.1 Å². The number of piperidine rings is 1. The van der Waals surface area contributed by atoms with Crippen LogP contribution in [0.25, 0.3) is 0 Å². The predicted octanol–water partition coefficient (Wildman–Crippen LogP) is 2.20. The van der Waals surface area contributed by atoms with Crippen molar-refractivity contribution in [3.8, 4) is 0 Å². The fraction of sp³-hybridized carbons (Fsp3) is 0.471. The van der Waals surface area contributed by atoms with Gasteiger partial charge in [-0.3, -0.25) is 0 Å². The van der Waals surface area contributed by atoms with Crippen LogP contribution in [0.1, 0.15) is 38.6 Å². The third-order valence-corrected chi connectivity index (χ3v) is 6.15. The number of ether oxygens (including phenoxy) is 1. The average Bonchev–Trinajstić information content (AvgIpc) is 3.01. The van der Waals surface area contributed by atoms with Gasteiger partial charge in [0.2, 0.25) is 5.95 Å². The minimum Gasteiger partial charge on any atom is -0.477 e. The molecule has 0 aliphatic carbocycles. The highest BCUT2D eigenvalue weighted by Crippen LogP contribution is 2.45. The molecule has 1 fully saturated rings. The Balaban J connectivity index is 1.58. The van der Waals surface area contributed by atoms with Crippen molar-refractivity contribution < 1.29 is 14.6 Å². The lowest BCUT2D eigenvalue weighted by Gasteiger charge is -2.44. The molecule has 0 amide bonds. The number of thiophene rings is 1. The van der Waals surface area contributed by atoms with E-state index in [2.05, 4.69) is 14.9 Å². The fourth-order valence-electron chi connectivity index (χ4n) is 3.77. The van der Waals surface area contributed by atoms with Gasteiger partial charge >= 0.3 is 5.97 Å². The van der Waals surface area contributed by atoms with E-state index in [1.807, 2.05) is 19.1 Å². The van der Waals surface area contributed by atoms with Gasteiger partial charge in [-0.1, -0.05) is 0 Å². The Hall–Kier alpha value is -2.19. The number of anilines is 2. The molecule has 0 radical (unpaired) electrons. The molecule has 0 bridgehead atoms. The predicted molar refractivity (Wildman–Crippen MR) is 95.2 cm³/mol. The molecule has 0 atom stereocenters. The topological polar surface area (TPSA) is 102 Å². The summed E-state index contributed by atoms with van der Waals surface area (Å²) in [6.45, 7) is 4.12. The Morgan fingerprint density at radius 3 is 2.80 bits per heavy atom. The van der Waals surface area contributed by atoms with E-state index in [9.17, 15) is 9.90 Å². The first-order chi connectivity index (χ1) is 12.0. The van der Waals surface area contributed by atoms with Gasteiger partial charge in [0.1, 0.15) is 10.7 Å². The third kappa shape index (κ3) is 2.85. The van der Waals surface area contributed by atoms with Crippen LogP contribution in [-0.2, 0) is 16.8 Å². The van der Waals surface area contributed by atoms with Crippen LogP contribution < -0.4 is 10.6 Å². The summed E-state index contributed by atoms with van der Waals surface area (Å²) >= 11 is 1.38. The van der Waals surface area contributed by atoms with Gasteiger partial charge < -0.3 is 20.5 Å². The molecule has 2 aliphatic rings. The van der Waals surface area contributed by atoms with E-state index < -0.39 is 5.97 Å². The lowest BCUT2D eigenvalue weighted by atomic mass is 9.82. The Morgan fingerprint density at radius 2 is 2.12 bits per heavy atom. The van der Waals surface area contributed by atoms with Crippen molar-refractivity contribution in [3.63, 3.8) is 0 Å². The van der Waals surface area contributed by atoms with Gasteiger partial charge in [0.15, 0.2) is 0 Å². The Kier molecular flexibility index (Phi) is 3.88. The molecule has 4 rings (SSSR count). The van der Waals surface area contributed by atoms with E-state index in [1.165, 1.54) is 11.3 Å². The number of hydrogen-bond acceptors (Lipinski definition) is 7. The number of hydrogen-bond donors (Lipinski definition) is 2. The van der Waals surface area contributed by atoms with Crippen LogP contribution in [0.15, 0.2) is 12.1 Å². The largest absolute Gasteiger partial charge is 0.477 e. The summed E-state index contributed by atoms with van der Waals surface area (Å²) in [5, 5.41) is 9.30. The van der Waals surface area contributed by atoms with Gasteiger partial charge in [-0.15, -0.1) is 11.3 Å². The number of aryl methyl sites for hydroxylation is 1. The smallest absolute Gasteiger partial charge is 0.345 e. The first-order valence-electron chi connectivity index (χ1n) is 8.33. The van der Waals surface area contributed by atoms with Crippen molar-refractivity contribution in [1.29, 1.82) is 0 Å². The maximum atomic E-state index is 11.3. The summed E-state index contributed by atoms with van der Waals surface area (Å²) in [6, 6.07) is 3.75. The van der Waals surface area contributed by atoms with Gasteiger partial charge in [0.25, 0.3) is 0 Å². The van der Waals surface area contributed by atoms with E-state index in [4.69, 9.17) is 10.5 Å². The summed E-state index contributed by atoms with van der Waals surface area (Å²) in [5.74, 6) is 0.266. The monoisotopic (exact) mass is 360 g/mol. The number of rotatable bonds is 2. The van der Waals surface area contributed by atoms with Gasteiger partial charge in [-0.05, 0) is 31.4 Å². The molecule has 0 saturated carbocycles. The first kappa shape index (κ1) is 16.3. The molecule has 4 heterocycles. The summed E-state index contributed by atoms with van der Waals surface area (Å²) in [7, 11) is 0. The second-order valence-electron chi connectivity index (χ2n) is 6.56. The molecule has 0 aromatic carbocycles. The summed E-state index contributed by atoms with van der Waals surface area (Å²) in [6.07, 6.45) is 2.40. The van der Waals surface area contributed by atoms with Crippen LogP contribution in [0.5, 0.6) is 0 Å². The Labute approximate surface area is 149 Å². The zero-order valence-corrected chi connectivity index (χ0v) is 14.8. The number of aromatic nitrogens is 2. The number of carboxylic acid groups (broad SMARTS) is 1. The molecule has 1 spiro atoms. The van der Waals surface area contributed by atoms with Crippen LogP contribution in [0, 0.1) is 6.92 Å². The van der Waals surface area contributed by atoms with Gasteiger partial charge in [-0.2, -0.15) is 4.98 Å². The number of nitrogens with zero attached hydrogens (tertiary/aromatic N) is 3. The van der Waals surface area contributed by atoms with Crippen molar-refractivity contribution in [2.45, 2.75) is 31.8 Å². The van der Waals surface area contributed by atoms with E-state index >= 15 is 0 Å². The standard InChI is InChI=1S/C17H20N4O3S/c1-10-8-14(20-16(18)19-10)21-5-3-17(4-6-21)11-9-13(15(22)23)25-12(11)2-7-24-17/h8-9H,2-7H2,1H3,(H,22,23)(H2,18,19,20). The van der Waals surface area contributed by atoms with E-state index in [0.717, 1.165) is 54.3 Å². The van der Waals surface area contributed by atoms with Gasteiger partial charge in [0.05, 0.1) is 12.2 Å². The molecular weight excluding hydrogens is 340 g/mol. The summed E-state index contributed by atoms with van der Waals surface area (Å²) in [5.41, 5.74) is 7.31. The molecule has 2 aliphatic heterocycles. The second kappa shape index (κ2) is 5.96. The van der Waals surface area contributed by atoms with Crippen LogP contribution in [-0.4, -0.2) is 40.7 Å². The van der Waals surface area contributed by atoms with Crippen molar-refractivity contribution >= 4 is 29.1 Å². The molecule has 3 N–H and O–H groups in total. The molecule has 2 aromatic rings. The van der Waals surface area contributed by atoms with E-state index in [0.29, 0.717) is 11.5 Å². The lowest BCUT2D eigenvalue weighted by molar-refractivity contribution is -0.0757. The number of fused-ring (bicyclic) bond motifs is 2. The van der Waals surface area contributed by atoms with Crippen LogP contribution in [0.2, 0.25) is 0 Å². The number of nitrogens with two attached hydrogens (primary N) is 1. The summed E-state index contributed by atoms with van der Waals surface area (Å²) in [4.78, 5) is 23.5. The molecule has 0 unspecified atom stereocenters. The SMILES string of the molecule is Cc1cc(N2CCC3(CC2)OCCc2sc(C(=O)O)cc23)nc(N)n1. The highest BCUT2D eigenvalue weighted by atomic mass is 32.1. The zero-order valence-electron chi connectivity index (χ0n) is 14.0. The third-order valence-electron chi connectivity index (χ3n) is 4.97. The molecule has 8 heteroatoms. The normalized spacial score (nSPS) is 19.0. The molecule has 7 nitrogen and oxygen atoms in total. The Morgan fingerprint density at radius 1 is 1.36 bits per heavy atom. The zero-order chi connectivity index (χ0) is 17.6. The van der Waals surface area contributed by atoms with Crippen molar-refractivity contribution in [2.24, 2.45) is 0 Å². The lowest BCUT2D eigenvalue weighted by Crippen LogP contribution is -2.46. The van der Waals surface area contributed by atoms with Crippen LogP contribution in [0.3, 0.4) is 0 Å².